The van der Waals surface area contributed by atoms with E-state index in [1.54, 1.807) is 6.07 Å². The van der Waals surface area contributed by atoms with Crippen LogP contribution in [-0.4, -0.2) is 64.9 Å². The van der Waals surface area contributed by atoms with E-state index in [-0.39, 0.29) is 37.3 Å². The number of nitrogens with one attached hydrogen (secondary N) is 2. The third-order valence-corrected chi connectivity index (χ3v) is 6.98. The number of rotatable bonds is 9. The highest BCUT2D eigenvalue weighted by Gasteiger charge is 2.32. The number of anilines is 1. The van der Waals surface area contributed by atoms with Crippen molar-refractivity contribution in [3.05, 3.63) is 71.9 Å². The molecule has 41 heavy (non-hydrogen) atoms. The fourth-order valence-electron chi connectivity index (χ4n) is 4.55. The number of nitrogens with zero attached hydrogens (tertiary/aromatic N) is 2. The van der Waals surface area contributed by atoms with Gasteiger partial charge in [0.25, 0.3) is 0 Å². The minimum absolute atomic E-state index is 0.00879. The van der Waals surface area contributed by atoms with Crippen molar-refractivity contribution < 1.29 is 27.6 Å². The fourth-order valence-corrected chi connectivity index (χ4v) is 4.55. The van der Waals surface area contributed by atoms with Gasteiger partial charge in [-0.25, -0.2) is 0 Å². The van der Waals surface area contributed by atoms with Crippen LogP contribution in [0, 0.1) is 0 Å². The van der Waals surface area contributed by atoms with Gasteiger partial charge in [-0.05, 0) is 36.2 Å². The Labute approximate surface area is 234 Å². The Kier molecular flexibility index (Phi) is 9.21. The van der Waals surface area contributed by atoms with Crippen LogP contribution in [0.4, 0.5) is 18.9 Å². The number of aromatic nitrogens is 1. The van der Waals surface area contributed by atoms with Gasteiger partial charge < -0.3 is 32.7 Å². The number of benzene rings is 2. The van der Waals surface area contributed by atoms with Crippen LogP contribution in [0.15, 0.2) is 60.8 Å². The minimum Gasteiger partial charge on any atom is -0.343 e. The predicted octanol–water partition coefficient (Wildman–Crippen LogP) is 1.52. The molecule has 4 rings (SSSR count). The minimum atomic E-state index is -4.51. The van der Waals surface area contributed by atoms with E-state index in [0.29, 0.717) is 24.3 Å². The third-order valence-electron chi connectivity index (χ3n) is 6.98. The van der Waals surface area contributed by atoms with Crippen LogP contribution in [-0.2, 0) is 27.0 Å². The number of nitrogens with two attached hydrogens (primary N) is 3. The molecule has 0 bridgehead atoms. The molecule has 218 valence electrons. The van der Waals surface area contributed by atoms with E-state index in [4.69, 9.17) is 17.2 Å². The molecular weight excluding hydrogens is 539 g/mol. The van der Waals surface area contributed by atoms with Gasteiger partial charge in [0.15, 0.2) is 0 Å². The zero-order chi connectivity index (χ0) is 29.7. The molecule has 1 saturated heterocycles. The smallest absolute Gasteiger partial charge is 0.343 e. The Morgan fingerprint density at radius 2 is 1.66 bits per heavy atom. The number of pyridine rings is 1. The highest BCUT2D eigenvalue weighted by molar-refractivity contribution is 5.99. The van der Waals surface area contributed by atoms with Crippen molar-refractivity contribution in [3.63, 3.8) is 0 Å². The Balaban J connectivity index is 1.44. The molecule has 0 spiro atoms. The number of alkyl halides is 3. The first-order chi connectivity index (χ1) is 19.4. The summed E-state index contributed by atoms with van der Waals surface area (Å²) in [7, 11) is 0. The van der Waals surface area contributed by atoms with E-state index in [9.17, 15) is 27.6 Å². The van der Waals surface area contributed by atoms with Gasteiger partial charge in [0.05, 0.1) is 29.0 Å². The molecule has 1 aromatic heterocycles. The van der Waals surface area contributed by atoms with Crippen molar-refractivity contribution in [2.75, 3.05) is 18.4 Å². The summed E-state index contributed by atoms with van der Waals surface area (Å²) in [4.78, 5) is 44.6. The molecule has 10 nitrogen and oxygen atoms in total. The summed E-state index contributed by atoms with van der Waals surface area (Å²) in [6.07, 6.45) is -3.17. The van der Waals surface area contributed by atoms with Crippen LogP contribution in [0.2, 0.25) is 0 Å². The summed E-state index contributed by atoms with van der Waals surface area (Å²) < 4.78 is 39.0. The van der Waals surface area contributed by atoms with Gasteiger partial charge in [-0.3, -0.25) is 19.4 Å². The van der Waals surface area contributed by atoms with Gasteiger partial charge in [0.1, 0.15) is 6.04 Å². The summed E-state index contributed by atoms with van der Waals surface area (Å²) in [5, 5.41) is 6.08. The fraction of sp³-hybridized carbons (Fsp3) is 0.357. The lowest BCUT2D eigenvalue weighted by molar-refractivity contribution is -0.137. The van der Waals surface area contributed by atoms with E-state index < -0.39 is 35.6 Å². The monoisotopic (exact) mass is 571 g/mol. The van der Waals surface area contributed by atoms with Gasteiger partial charge in [-0.15, -0.1) is 0 Å². The largest absolute Gasteiger partial charge is 0.416 e. The summed E-state index contributed by atoms with van der Waals surface area (Å²) in [5.74, 6) is -1.53. The number of hydrogen-bond acceptors (Lipinski definition) is 7. The molecule has 3 amide bonds. The lowest BCUT2D eigenvalue weighted by atomic mass is 10.0. The molecule has 0 aliphatic carbocycles. The quantitative estimate of drug-likeness (QED) is 0.259. The number of likely N-dealkylation sites (tertiary alicyclic amines) is 1. The Morgan fingerprint density at radius 1 is 1.00 bits per heavy atom. The normalized spacial score (nSPS) is 18.6. The van der Waals surface area contributed by atoms with Crippen molar-refractivity contribution in [3.8, 4) is 0 Å². The van der Waals surface area contributed by atoms with Crippen molar-refractivity contribution in [1.29, 1.82) is 0 Å². The number of amides is 3. The zero-order valence-electron chi connectivity index (χ0n) is 22.1. The van der Waals surface area contributed by atoms with Gasteiger partial charge in [-0.2, -0.15) is 13.2 Å². The highest BCUT2D eigenvalue weighted by Crippen LogP contribution is 2.29. The molecule has 1 aliphatic heterocycles. The first-order valence-corrected chi connectivity index (χ1v) is 13.1. The maximum Gasteiger partial charge on any atom is 0.416 e. The summed E-state index contributed by atoms with van der Waals surface area (Å²) >= 11 is 0. The summed E-state index contributed by atoms with van der Waals surface area (Å²) in [5.41, 5.74) is 18.4. The van der Waals surface area contributed by atoms with Gasteiger partial charge in [0, 0.05) is 43.4 Å². The van der Waals surface area contributed by atoms with Crippen molar-refractivity contribution >= 4 is 34.3 Å². The lowest BCUT2D eigenvalue weighted by Crippen LogP contribution is -2.51. The van der Waals surface area contributed by atoms with Gasteiger partial charge in [0.2, 0.25) is 17.7 Å². The van der Waals surface area contributed by atoms with E-state index in [1.165, 1.54) is 23.2 Å². The molecule has 0 saturated carbocycles. The number of para-hydroxylation sites is 1. The molecule has 8 N–H and O–H groups in total. The Bertz CT molecular complexity index is 1390. The molecule has 13 heteroatoms. The molecule has 4 atom stereocenters. The summed E-state index contributed by atoms with van der Waals surface area (Å²) in [6.45, 7) is 0.640. The molecule has 0 radical (unpaired) electrons. The van der Waals surface area contributed by atoms with Crippen LogP contribution in [0.25, 0.3) is 10.9 Å². The first kappa shape index (κ1) is 29.9. The van der Waals surface area contributed by atoms with E-state index in [1.807, 2.05) is 24.3 Å². The SMILES string of the molecule is N[C@@H](CCC(=O)N1C[C@H](N)[C@@H](N)C1)C(=O)N[C@H](Cc1ccc(C(F)(F)F)cc1)C(=O)Nc1cnc2ccccc2c1. The van der Waals surface area contributed by atoms with Crippen molar-refractivity contribution in [2.45, 2.75) is 49.6 Å². The number of fused-ring (bicyclic) bond motifs is 1. The van der Waals surface area contributed by atoms with Crippen molar-refractivity contribution in [2.24, 2.45) is 17.2 Å². The zero-order valence-corrected chi connectivity index (χ0v) is 22.1. The standard InChI is InChI=1S/C28H32F3N7O3/c29-28(30,31)18-7-5-16(6-8-18)11-24(27(41)36-19-12-17-3-1-2-4-23(17)35-13-19)37-26(40)20(32)9-10-25(39)38-14-21(33)22(34)15-38/h1-8,12-13,20-22,24H,9-11,14-15,32-34H2,(H,36,41)(H,37,40)/t20-,21-,22-,24+/m0/s1. The van der Waals surface area contributed by atoms with E-state index >= 15 is 0 Å². The van der Waals surface area contributed by atoms with Crippen LogP contribution in [0.1, 0.15) is 24.0 Å². The third kappa shape index (κ3) is 7.78. The number of hydrogen-bond donors (Lipinski definition) is 5. The molecular formula is C28H32F3N7O3. The first-order valence-electron chi connectivity index (χ1n) is 13.1. The van der Waals surface area contributed by atoms with Crippen molar-refractivity contribution in [1.82, 2.24) is 15.2 Å². The number of halogens is 3. The van der Waals surface area contributed by atoms with Crippen LogP contribution in [0.3, 0.4) is 0 Å². The molecule has 2 aromatic carbocycles. The van der Waals surface area contributed by atoms with Crippen LogP contribution < -0.4 is 27.8 Å². The van der Waals surface area contributed by atoms with Crippen LogP contribution in [0.5, 0.6) is 0 Å². The number of carbonyl (C=O) groups is 3. The summed E-state index contributed by atoms with van der Waals surface area (Å²) in [6, 6.07) is 10.4. The topological polar surface area (TPSA) is 169 Å². The number of carbonyl (C=O) groups excluding carboxylic acids is 3. The molecule has 1 aliphatic rings. The molecule has 2 heterocycles. The van der Waals surface area contributed by atoms with Crippen LogP contribution >= 0.6 is 0 Å². The Morgan fingerprint density at radius 3 is 2.32 bits per heavy atom. The maximum atomic E-state index is 13.3. The maximum absolute atomic E-state index is 13.3. The Hall–Kier alpha value is -4.07. The molecule has 1 fully saturated rings. The van der Waals surface area contributed by atoms with E-state index in [2.05, 4.69) is 15.6 Å². The highest BCUT2D eigenvalue weighted by atomic mass is 19.4. The van der Waals surface area contributed by atoms with E-state index in [0.717, 1.165) is 23.0 Å². The second-order valence-corrected chi connectivity index (χ2v) is 10.1. The average Bonchev–Trinajstić information content (AvgIpc) is 3.28. The molecule has 0 unspecified atom stereocenters. The second-order valence-electron chi connectivity index (χ2n) is 10.1. The average molecular weight is 572 g/mol. The van der Waals surface area contributed by atoms with Gasteiger partial charge >= 0.3 is 6.18 Å². The second kappa shape index (κ2) is 12.6. The molecule has 3 aromatic rings. The van der Waals surface area contributed by atoms with Gasteiger partial charge in [-0.1, -0.05) is 30.3 Å². The predicted molar refractivity (Wildman–Crippen MR) is 147 cm³/mol. The lowest BCUT2D eigenvalue weighted by Gasteiger charge is -2.22.